The Kier molecular flexibility index (Phi) is 16.4. The zero-order valence-electron chi connectivity index (χ0n) is 26.9. The smallest absolute Gasteiger partial charge is 0.407 e. The third-order valence-corrected chi connectivity index (χ3v) is 5.79. The van der Waals surface area contributed by atoms with Gasteiger partial charge in [0.2, 0.25) is 11.8 Å². The Morgan fingerprint density at radius 3 is 1.57 bits per heavy atom. The van der Waals surface area contributed by atoms with Crippen LogP contribution in [-0.2, 0) is 40.0 Å². The van der Waals surface area contributed by atoms with Crippen molar-refractivity contribution in [2.24, 2.45) is 11.7 Å². The number of carbonyl (C=O) groups excluding carboxylic acids is 5. The lowest BCUT2D eigenvalue weighted by molar-refractivity contribution is -0.156. The highest BCUT2D eigenvalue weighted by Crippen LogP contribution is 2.10. The normalized spacial score (nSPS) is 11.5. The van der Waals surface area contributed by atoms with Crippen molar-refractivity contribution in [3.8, 4) is 0 Å². The quantitative estimate of drug-likeness (QED) is 0.0757. The predicted molar refractivity (Wildman–Crippen MR) is 163 cm³/mol. The van der Waals surface area contributed by atoms with Gasteiger partial charge in [-0.2, -0.15) is 0 Å². The molecule has 1 aromatic rings. The summed E-state index contributed by atoms with van der Waals surface area (Å²) in [4.78, 5) is 63.1. The van der Waals surface area contributed by atoms with Crippen LogP contribution in [0.1, 0.15) is 72.8 Å². The van der Waals surface area contributed by atoms with Gasteiger partial charge >= 0.3 is 18.0 Å². The maximum absolute atomic E-state index is 12.6. The largest absolute Gasteiger partial charge is 0.460 e. The molecule has 0 radical (unpaired) electrons. The molecule has 0 saturated heterocycles. The van der Waals surface area contributed by atoms with E-state index in [4.69, 9.17) is 25.9 Å². The van der Waals surface area contributed by atoms with Crippen molar-refractivity contribution in [3.05, 3.63) is 35.9 Å². The summed E-state index contributed by atoms with van der Waals surface area (Å²) < 4.78 is 15.7. The second-order valence-corrected chi connectivity index (χ2v) is 12.2. The molecule has 3 amide bonds. The van der Waals surface area contributed by atoms with Crippen LogP contribution >= 0.6 is 0 Å². The van der Waals surface area contributed by atoms with Crippen molar-refractivity contribution in [3.63, 3.8) is 0 Å². The highest BCUT2D eigenvalue weighted by molar-refractivity contribution is 5.78. The van der Waals surface area contributed by atoms with Gasteiger partial charge in [0.1, 0.15) is 17.8 Å². The number of esters is 2. The van der Waals surface area contributed by atoms with Crippen LogP contribution < -0.4 is 17.0 Å². The molecule has 0 fully saturated rings. The number of ether oxygens (including phenoxy) is 3. The molecule has 0 aromatic heterocycles. The van der Waals surface area contributed by atoms with Crippen LogP contribution in [0.2, 0.25) is 0 Å². The third-order valence-electron chi connectivity index (χ3n) is 5.79. The Morgan fingerprint density at radius 1 is 0.682 bits per heavy atom. The molecule has 5 N–H and O–H groups in total. The van der Waals surface area contributed by atoms with E-state index in [9.17, 15) is 24.0 Å². The minimum Gasteiger partial charge on any atom is -0.460 e. The number of carbonyl (C=O) groups is 5. The highest BCUT2D eigenvalue weighted by Gasteiger charge is 2.21. The van der Waals surface area contributed by atoms with Crippen molar-refractivity contribution in [2.45, 2.75) is 85.0 Å². The number of hydrogen-bond acceptors (Lipinski definition) is 11. The van der Waals surface area contributed by atoms with Crippen LogP contribution in [0.4, 0.5) is 4.79 Å². The molecule has 0 heterocycles. The van der Waals surface area contributed by atoms with Crippen LogP contribution in [0.5, 0.6) is 0 Å². The van der Waals surface area contributed by atoms with Gasteiger partial charge in [-0.3, -0.25) is 29.2 Å². The summed E-state index contributed by atoms with van der Waals surface area (Å²) in [6.07, 6.45) is -0.707. The Balaban J connectivity index is 2.63. The molecule has 14 nitrogen and oxygen atoms in total. The molecule has 0 unspecified atom stereocenters. The zero-order chi connectivity index (χ0) is 33.3. The molecule has 1 rings (SSSR count). The average molecular weight is 623 g/mol. The summed E-state index contributed by atoms with van der Waals surface area (Å²) in [5, 5.41) is 4.59. The fourth-order valence-electron chi connectivity index (χ4n) is 3.68. The van der Waals surface area contributed by atoms with E-state index in [-0.39, 0.29) is 65.0 Å². The van der Waals surface area contributed by atoms with Crippen molar-refractivity contribution in [1.29, 1.82) is 0 Å². The number of nitrogens with one attached hydrogen (secondary N) is 1. The molecule has 1 aromatic carbocycles. The van der Waals surface area contributed by atoms with Crippen LogP contribution in [0.25, 0.3) is 0 Å². The minimum atomic E-state index is -0.644. The van der Waals surface area contributed by atoms with E-state index in [1.165, 1.54) is 0 Å². The number of amides is 3. The molecule has 248 valence electrons. The molecule has 0 aliphatic rings. The van der Waals surface area contributed by atoms with E-state index in [1.807, 2.05) is 30.3 Å². The first-order valence-electron chi connectivity index (χ1n) is 14.7. The molecule has 0 aliphatic carbocycles. The minimum absolute atomic E-state index is 0.00243. The fourth-order valence-corrected chi connectivity index (χ4v) is 3.68. The van der Waals surface area contributed by atoms with Gasteiger partial charge in [-0.05, 0) is 47.1 Å². The van der Waals surface area contributed by atoms with E-state index < -0.39 is 41.0 Å². The predicted octanol–water partition coefficient (Wildman–Crippen LogP) is 1.86. The lowest BCUT2D eigenvalue weighted by Gasteiger charge is -2.25. The Morgan fingerprint density at radius 2 is 1.14 bits per heavy atom. The third kappa shape index (κ3) is 18.7. The van der Waals surface area contributed by atoms with Crippen LogP contribution in [0.15, 0.2) is 30.3 Å². The van der Waals surface area contributed by atoms with Crippen molar-refractivity contribution < 1.29 is 38.2 Å². The number of nitrogens with two attached hydrogens (primary N) is 2. The first kappa shape index (κ1) is 38.3. The number of rotatable bonds is 17. The summed E-state index contributed by atoms with van der Waals surface area (Å²) in [7, 11) is 0. The number of benzene rings is 1. The van der Waals surface area contributed by atoms with Crippen LogP contribution in [0, 0.1) is 0 Å². The molecular formula is C30H50N6O8. The SMILES string of the molecule is CC(C)(C)OC(=O)CCN(N)C(=O)CCN(CCNC(=O)OCc1ccccc1)CCC(=O)N(N)CCC(=O)OC(C)(C)C. The van der Waals surface area contributed by atoms with Crippen LogP contribution in [-0.4, -0.2) is 95.2 Å². The second kappa shape index (κ2) is 18.8. The molecule has 0 aliphatic heterocycles. The Hall–Kier alpha value is -3.75. The van der Waals surface area contributed by atoms with Gasteiger partial charge in [0.25, 0.3) is 0 Å². The second-order valence-electron chi connectivity index (χ2n) is 12.2. The van der Waals surface area contributed by atoms with Crippen molar-refractivity contribution >= 4 is 29.8 Å². The van der Waals surface area contributed by atoms with Crippen molar-refractivity contribution in [2.75, 3.05) is 39.3 Å². The van der Waals surface area contributed by atoms with Crippen LogP contribution in [0.3, 0.4) is 0 Å². The standard InChI is InChI=1S/C30H50N6O8/c1-29(2,3)43-26(39)14-19-35(31)24(37)12-17-34(21-16-33-28(41)42-22-23-10-8-7-9-11-23)18-13-25(38)36(32)20-15-27(40)44-30(4,5)6/h7-11H,12-22,31-32H2,1-6H3,(H,33,41). The Labute approximate surface area is 260 Å². The number of nitrogens with zero attached hydrogens (tertiary/aromatic N) is 3. The lowest BCUT2D eigenvalue weighted by Crippen LogP contribution is -2.44. The fraction of sp³-hybridized carbons (Fsp3) is 0.633. The van der Waals surface area contributed by atoms with E-state index in [0.717, 1.165) is 15.6 Å². The van der Waals surface area contributed by atoms with Gasteiger partial charge in [-0.1, -0.05) is 30.3 Å². The van der Waals surface area contributed by atoms with Gasteiger partial charge in [-0.15, -0.1) is 0 Å². The summed E-state index contributed by atoms with van der Waals surface area (Å²) in [6, 6.07) is 9.23. The summed E-state index contributed by atoms with van der Waals surface area (Å²) in [5.41, 5.74) is -0.442. The maximum atomic E-state index is 12.6. The van der Waals surface area contributed by atoms with Gasteiger partial charge in [0.05, 0.1) is 12.8 Å². The molecule has 0 spiro atoms. The maximum Gasteiger partial charge on any atom is 0.407 e. The first-order valence-corrected chi connectivity index (χ1v) is 14.7. The molecular weight excluding hydrogens is 572 g/mol. The molecule has 0 atom stereocenters. The van der Waals surface area contributed by atoms with Gasteiger partial charge < -0.3 is 24.4 Å². The molecule has 14 heteroatoms. The average Bonchev–Trinajstić information content (AvgIpc) is 2.92. The molecule has 44 heavy (non-hydrogen) atoms. The van der Waals surface area contributed by atoms with Gasteiger partial charge in [-0.25, -0.2) is 16.5 Å². The lowest BCUT2D eigenvalue weighted by atomic mass is 10.2. The summed E-state index contributed by atoms with van der Waals surface area (Å²) in [6.45, 7) is 11.5. The zero-order valence-corrected chi connectivity index (χ0v) is 26.9. The summed E-state index contributed by atoms with van der Waals surface area (Å²) in [5.74, 6) is 9.98. The Bertz CT molecular complexity index is 1020. The molecule has 0 saturated carbocycles. The monoisotopic (exact) mass is 622 g/mol. The number of hydrogen-bond donors (Lipinski definition) is 3. The van der Waals surface area contributed by atoms with Gasteiger partial charge in [0, 0.05) is 52.1 Å². The number of hydrazine groups is 2. The van der Waals surface area contributed by atoms with Crippen molar-refractivity contribution in [1.82, 2.24) is 20.2 Å². The molecule has 0 bridgehead atoms. The van der Waals surface area contributed by atoms with E-state index in [1.54, 1.807) is 46.4 Å². The van der Waals surface area contributed by atoms with E-state index in [0.29, 0.717) is 6.54 Å². The van der Waals surface area contributed by atoms with E-state index >= 15 is 0 Å². The van der Waals surface area contributed by atoms with Gasteiger partial charge in [0.15, 0.2) is 0 Å². The topological polar surface area (TPSA) is 187 Å². The van der Waals surface area contributed by atoms with E-state index in [2.05, 4.69) is 5.32 Å². The summed E-state index contributed by atoms with van der Waals surface area (Å²) >= 11 is 0. The first-order chi connectivity index (χ1) is 20.4. The number of alkyl carbamates (subject to hydrolysis) is 1. The highest BCUT2D eigenvalue weighted by atomic mass is 16.6.